The molecule has 5 nitrogen and oxygen atoms in total. The third-order valence-corrected chi connectivity index (χ3v) is 2.66. The Bertz CT molecular complexity index is 440. The van der Waals surface area contributed by atoms with Gasteiger partial charge in [0.15, 0.2) is 0 Å². The van der Waals surface area contributed by atoms with Gasteiger partial charge >= 0.3 is 5.97 Å². The first-order valence-electron chi connectivity index (χ1n) is 5.52. The van der Waals surface area contributed by atoms with E-state index in [-0.39, 0.29) is 12.3 Å². The van der Waals surface area contributed by atoms with Crippen molar-refractivity contribution in [3.8, 4) is 5.75 Å². The summed E-state index contributed by atoms with van der Waals surface area (Å²) in [6.07, 6.45) is -0.195. The van der Waals surface area contributed by atoms with Crippen molar-refractivity contribution in [2.45, 2.75) is 25.8 Å². The number of hydrogen-bond acceptors (Lipinski definition) is 3. The van der Waals surface area contributed by atoms with Crippen LogP contribution in [0, 0.1) is 0 Å². The second kappa shape index (κ2) is 5.53. The molecule has 0 radical (unpaired) electrons. The molecule has 2 N–H and O–H groups in total. The summed E-state index contributed by atoms with van der Waals surface area (Å²) in [6.45, 7) is 3.04. The zero-order valence-corrected chi connectivity index (χ0v) is 10.7. The van der Waals surface area contributed by atoms with Gasteiger partial charge in [0, 0.05) is 6.92 Å². The van der Waals surface area contributed by atoms with Crippen molar-refractivity contribution in [3.63, 3.8) is 0 Å². The van der Waals surface area contributed by atoms with Crippen LogP contribution in [0.25, 0.3) is 0 Å². The number of carboxylic acid groups (broad SMARTS) is 1. The summed E-state index contributed by atoms with van der Waals surface area (Å²) in [5, 5.41) is 11.6. The molecule has 98 valence electrons. The Morgan fingerprint density at radius 1 is 1.44 bits per heavy atom. The number of benzene rings is 1. The molecule has 0 saturated heterocycles. The quantitative estimate of drug-likeness (QED) is 0.832. The van der Waals surface area contributed by atoms with Crippen molar-refractivity contribution >= 4 is 11.9 Å². The molecule has 5 heteroatoms. The average molecular weight is 251 g/mol. The first-order chi connectivity index (χ1) is 8.37. The van der Waals surface area contributed by atoms with Gasteiger partial charge in [-0.15, -0.1) is 0 Å². The highest BCUT2D eigenvalue weighted by molar-refractivity contribution is 5.76. The second-order valence-corrected chi connectivity index (χ2v) is 4.32. The van der Waals surface area contributed by atoms with Crippen molar-refractivity contribution in [3.05, 3.63) is 29.8 Å². The molecular formula is C13H17NO4. The second-order valence-electron chi connectivity index (χ2n) is 4.32. The van der Waals surface area contributed by atoms with Gasteiger partial charge in [0.1, 0.15) is 5.75 Å². The molecule has 0 aliphatic heterocycles. The number of carbonyl (C=O) groups excluding carboxylic acids is 1. The van der Waals surface area contributed by atoms with Crippen LogP contribution in [0.1, 0.15) is 25.8 Å². The van der Waals surface area contributed by atoms with Crippen LogP contribution in [-0.2, 0) is 15.1 Å². The van der Waals surface area contributed by atoms with Crippen LogP contribution in [0.2, 0.25) is 0 Å². The monoisotopic (exact) mass is 251 g/mol. The highest BCUT2D eigenvalue weighted by Gasteiger charge is 2.30. The van der Waals surface area contributed by atoms with E-state index in [0.717, 1.165) is 0 Å². The lowest BCUT2D eigenvalue weighted by Crippen LogP contribution is -2.44. The average Bonchev–Trinajstić information content (AvgIpc) is 2.27. The smallest absolute Gasteiger partial charge is 0.306 e. The van der Waals surface area contributed by atoms with E-state index in [9.17, 15) is 9.59 Å². The lowest BCUT2D eigenvalue weighted by molar-refractivity contribution is -0.139. The van der Waals surface area contributed by atoms with Crippen LogP contribution >= 0.6 is 0 Å². The number of hydrogen-bond donors (Lipinski definition) is 2. The van der Waals surface area contributed by atoms with Gasteiger partial charge in [-0.3, -0.25) is 9.59 Å². The van der Waals surface area contributed by atoms with Gasteiger partial charge in [-0.1, -0.05) is 12.1 Å². The summed E-state index contributed by atoms with van der Waals surface area (Å²) in [5.74, 6) is -0.634. The van der Waals surface area contributed by atoms with Crippen molar-refractivity contribution in [1.29, 1.82) is 0 Å². The summed E-state index contributed by atoms with van der Waals surface area (Å²) >= 11 is 0. The maximum atomic E-state index is 11.2. The van der Waals surface area contributed by atoms with E-state index in [4.69, 9.17) is 9.84 Å². The molecule has 1 aromatic carbocycles. The van der Waals surface area contributed by atoms with E-state index in [0.29, 0.717) is 11.3 Å². The SMILES string of the molecule is COc1cccc(C(C)(CC(=O)O)NC(C)=O)c1. The summed E-state index contributed by atoms with van der Waals surface area (Å²) in [5.41, 5.74) is -0.258. The van der Waals surface area contributed by atoms with Crippen LogP contribution in [0.15, 0.2) is 24.3 Å². The summed E-state index contributed by atoms with van der Waals surface area (Å²) in [6, 6.07) is 7.01. The molecule has 0 bridgehead atoms. The number of carbonyl (C=O) groups is 2. The van der Waals surface area contributed by atoms with Crippen molar-refractivity contribution < 1.29 is 19.4 Å². The van der Waals surface area contributed by atoms with Crippen molar-refractivity contribution in [1.82, 2.24) is 5.32 Å². The van der Waals surface area contributed by atoms with E-state index in [1.807, 2.05) is 0 Å². The molecular weight excluding hydrogens is 234 g/mol. The molecule has 1 rings (SSSR count). The van der Waals surface area contributed by atoms with Gasteiger partial charge in [0.2, 0.25) is 5.91 Å². The molecule has 1 aromatic rings. The molecule has 18 heavy (non-hydrogen) atoms. The number of carboxylic acids is 1. The first-order valence-corrected chi connectivity index (χ1v) is 5.52. The highest BCUT2D eigenvalue weighted by Crippen LogP contribution is 2.27. The lowest BCUT2D eigenvalue weighted by Gasteiger charge is -2.29. The predicted molar refractivity (Wildman–Crippen MR) is 66.4 cm³/mol. The fourth-order valence-corrected chi connectivity index (χ4v) is 1.88. The van der Waals surface area contributed by atoms with Crippen LogP contribution in [-0.4, -0.2) is 24.1 Å². The Balaban J connectivity index is 3.15. The molecule has 0 aliphatic rings. The molecule has 1 amide bonds. The van der Waals surface area contributed by atoms with Gasteiger partial charge in [0.05, 0.1) is 19.1 Å². The Kier molecular flexibility index (Phi) is 4.31. The molecule has 0 saturated carbocycles. The van der Waals surface area contributed by atoms with E-state index in [1.54, 1.807) is 31.2 Å². The number of ether oxygens (including phenoxy) is 1. The van der Waals surface area contributed by atoms with E-state index < -0.39 is 11.5 Å². The third kappa shape index (κ3) is 3.48. The summed E-state index contributed by atoms with van der Waals surface area (Å²) in [7, 11) is 1.53. The van der Waals surface area contributed by atoms with Gasteiger partial charge in [-0.2, -0.15) is 0 Å². The zero-order chi connectivity index (χ0) is 13.8. The minimum atomic E-state index is -0.978. The van der Waals surface area contributed by atoms with Crippen LogP contribution in [0.3, 0.4) is 0 Å². The third-order valence-electron chi connectivity index (χ3n) is 2.66. The normalized spacial score (nSPS) is 13.5. The Labute approximate surface area is 106 Å². The standard InChI is InChI=1S/C13H17NO4/c1-9(15)14-13(2,8-12(16)17)10-5-4-6-11(7-10)18-3/h4-7H,8H2,1-3H3,(H,14,15)(H,16,17). The topological polar surface area (TPSA) is 75.6 Å². The molecule has 0 aromatic heterocycles. The zero-order valence-electron chi connectivity index (χ0n) is 10.7. The number of aliphatic carboxylic acids is 1. The van der Waals surface area contributed by atoms with E-state index in [1.165, 1.54) is 14.0 Å². The van der Waals surface area contributed by atoms with Gasteiger partial charge in [-0.25, -0.2) is 0 Å². The Hall–Kier alpha value is -2.04. The summed E-state index contributed by atoms with van der Waals surface area (Å²) < 4.78 is 5.10. The lowest BCUT2D eigenvalue weighted by atomic mass is 9.88. The minimum Gasteiger partial charge on any atom is -0.497 e. The first kappa shape index (κ1) is 14.0. The minimum absolute atomic E-state index is 0.195. The van der Waals surface area contributed by atoms with Crippen molar-refractivity contribution in [2.24, 2.45) is 0 Å². The van der Waals surface area contributed by atoms with Crippen molar-refractivity contribution in [2.75, 3.05) is 7.11 Å². The largest absolute Gasteiger partial charge is 0.497 e. The van der Waals surface area contributed by atoms with Crippen LogP contribution in [0.5, 0.6) is 5.75 Å². The van der Waals surface area contributed by atoms with Crippen LogP contribution in [0.4, 0.5) is 0 Å². The molecule has 1 unspecified atom stereocenters. The molecule has 0 heterocycles. The van der Waals surface area contributed by atoms with Gasteiger partial charge in [0.25, 0.3) is 0 Å². The number of rotatable bonds is 5. The Morgan fingerprint density at radius 2 is 2.11 bits per heavy atom. The molecule has 0 aliphatic carbocycles. The molecule has 0 spiro atoms. The molecule has 0 fully saturated rings. The Morgan fingerprint density at radius 3 is 2.61 bits per heavy atom. The molecule has 1 atom stereocenters. The van der Waals surface area contributed by atoms with Gasteiger partial charge < -0.3 is 15.2 Å². The fraction of sp³-hybridized carbons (Fsp3) is 0.385. The number of nitrogens with one attached hydrogen (secondary N) is 1. The maximum absolute atomic E-state index is 11.2. The predicted octanol–water partition coefficient (Wildman–Crippen LogP) is 1.52. The van der Waals surface area contributed by atoms with Gasteiger partial charge in [-0.05, 0) is 24.6 Å². The number of amides is 1. The highest BCUT2D eigenvalue weighted by atomic mass is 16.5. The summed E-state index contributed by atoms with van der Waals surface area (Å²) in [4.78, 5) is 22.2. The van der Waals surface area contributed by atoms with E-state index in [2.05, 4.69) is 5.32 Å². The maximum Gasteiger partial charge on any atom is 0.306 e. The van der Waals surface area contributed by atoms with E-state index >= 15 is 0 Å². The number of methoxy groups -OCH3 is 1. The van der Waals surface area contributed by atoms with Crippen LogP contribution < -0.4 is 10.1 Å². The fourth-order valence-electron chi connectivity index (χ4n) is 1.88.